The lowest BCUT2D eigenvalue weighted by atomic mass is 10.2. The third-order valence-electron chi connectivity index (χ3n) is 3.14. The Balaban J connectivity index is 2.71. The molecule has 0 N–H and O–H groups in total. The van der Waals surface area contributed by atoms with Crippen molar-refractivity contribution in [3.05, 3.63) is 12.3 Å². The minimum atomic E-state index is -0.358. The summed E-state index contributed by atoms with van der Waals surface area (Å²) in [5.41, 5.74) is 0. The largest absolute Gasteiger partial charge is 0.274 e. The summed E-state index contributed by atoms with van der Waals surface area (Å²) in [6.07, 6.45) is 7.22. The molecule has 0 aromatic rings. The van der Waals surface area contributed by atoms with Crippen LogP contribution in [-0.2, 0) is 9.78 Å². The summed E-state index contributed by atoms with van der Waals surface area (Å²) >= 11 is 0. The number of amidine groups is 1. The van der Waals surface area contributed by atoms with E-state index in [9.17, 15) is 0 Å². The number of rotatable bonds is 9. The average Bonchev–Trinajstić information content (AvgIpc) is 2.55. The summed E-state index contributed by atoms with van der Waals surface area (Å²) < 4.78 is 0. The second kappa shape index (κ2) is 10.8. The van der Waals surface area contributed by atoms with E-state index in [1.807, 2.05) is 25.4 Å². The highest BCUT2D eigenvalue weighted by Crippen LogP contribution is 2.10. The van der Waals surface area contributed by atoms with Crippen LogP contribution in [0.25, 0.3) is 0 Å². The lowest BCUT2D eigenvalue weighted by molar-refractivity contribution is -0.322. The Bertz CT molecular complexity index is 437. The van der Waals surface area contributed by atoms with Gasteiger partial charge in [0, 0.05) is 31.8 Å². The SMILES string of the molecule is CCC/C(=N\C)N(/N=C\C(C)CN1C=CCN=N1)C(C)OOC. The quantitative estimate of drug-likeness (QED) is 0.215. The van der Waals surface area contributed by atoms with Crippen LogP contribution in [0.5, 0.6) is 0 Å². The zero-order valence-corrected chi connectivity index (χ0v) is 14.7. The zero-order valence-electron chi connectivity index (χ0n) is 14.7. The van der Waals surface area contributed by atoms with Crippen LogP contribution in [-0.4, -0.2) is 55.5 Å². The van der Waals surface area contributed by atoms with E-state index < -0.39 is 0 Å². The lowest BCUT2D eigenvalue weighted by Crippen LogP contribution is -2.36. The Morgan fingerprint density at radius 3 is 2.83 bits per heavy atom. The van der Waals surface area contributed by atoms with Crippen LogP contribution in [0.15, 0.2) is 32.7 Å². The van der Waals surface area contributed by atoms with E-state index in [1.165, 1.54) is 7.11 Å². The summed E-state index contributed by atoms with van der Waals surface area (Å²) in [6, 6.07) is 0. The number of hydrogen-bond acceptors (Lipinski definition) is 7. The molecule has 2 atom stereocenters. The second-order valence-corrected chi connectivity index (χ2v) is 5.26. The molecule has 0 amide bonds. The molecule has 0 saturated carbocycles. The van der Waals surface area contributed by atoms with E-state index >= 15 is 0 Å². The van der Waals surface area contributed by atoms with Crippen molar-refractivity contribution in [2.24, 2.45) is 26.3 Å². The molecule has 0 fully saturated rings. The Morgan fingerprint density at radius 2 is 2.26 bits per heavy atom. The molecule has 8 heteroatoms. The maximum atomic E-state index is 5.19. The highest BCUT2D eigenvalue weighted by atomic mass is 17.2. The van der Waals surface area contributed by atoms with E-state index in [-0.39, 0.29) is 12.1 Å². The number of hydrazone groups is 1. The van der Waals surface area contributed by atoms with Crippen molar-refractivity contribution >= 4 is 12.1 Å². The molecule has 8 nitrogen and oxygen atoms in total. The fraction of sp³-hybridized carbons (Fsp3) is 0.733. The first kappa shape index (κ1) is 19.2. The molecule has 1 aliphatic rings. The topological polar surface area (TPSA) is 74.4 Å². The van der Waals surface area contributed by atoms with Crippen LogP contribution in [0.4, 0.5) is 0 Å². The van der Waals surface area contributed by atoms with Gasteiger partial charge < -0.3 is 0 Å². The van der Waals surface area contributed by atoms with Gasteiger partial charge in [0.2, 0.25) is 0 Å². The molecule has 130 valence electrons. The van der Waals surface area contributed by atoms with Gasteiger partial charge in [-0.3, -0.25) is 10.0 Å². The molecule has 1 rings (SSSR count). The van der Waals surface area contributed by atoms with Crippen LogP contribution in [0.3, 0.4) is 0 Å². The molecule has 0 spiro atoms. The predicted octanol–water partition coefficient (Wildman–Crippen LogP) is 2.86. The first-order chi connectivity index (χ1) is 11.1. The third kappa shape index (κ3) is 6.87. The Hall–Kier alpha value is -1.80. The average molecular weight is 324 g/mol. The maximum absolute atomic E-state index is 5.19. The first-order valence-electron chi connectivity index (χ1n) is 7.91. The fourth-order valence-electron chi connectivity index (χ4n) is 2.09. The molecule has 0 aromatic carbocycles. The van der Waals surface area contributed by atoms with E-state index in [4.69, 9.17) is 9.78 Å². The lowest BCUT2D eigenvalue weighted by Gasteiger charge is -2.26. The number of aliphatic imine (C=N–C) groups is 1. The number of nitrogens with zero attached hydrogens (tertiary/aromatic N) is 6. The number of hydrogen-bond donors (Lipinski definition) is 0. The summed E-state index contributed by atoms with van der Waals surface area (Å²) in [5, 5.41) is 16.1. The first-order valence-corrected chi connectivity index (χ1v) is 7.91. The van der Waals surface area contributed by atoms with E-state index in [1.54, 1.807) is 17.1 Å². The van der Waals surface area contributed by atoms with Crippen molar-refractivity contribution < 1.29 is 9.78 Å². The highest BCUT2D eigenvalue weighted by Gasteiger charge is 2.18. The third-order valence-corrected chi connectivity index (χ3v) is 3.14. The molecule has 23 heavy (non-hydrogen) atoms. The smallest absolute Gasteiger partial charge is 0.183 e. The summed E-state index contributed by atoms with van der Waals surface area (Å²) in [5.74, 6) is 1.05. The minimum absolute atomic E-state index is 0.189. The second-order valence-electron chi connectivity index (χ2n) is 5.26. The van der Waals surface area contributed by atoms with Crippen LogP contribution in [0.2, 0.25) is 0 Å². The van der Waals surface area contributed by atoms with Gasteiger partial charge in [0.15, 0.2) is 6.23 Å². The van der Waals surface area contributed by atoms with Gasteiger partial charge in [0.25, 0.3) is 0 Å². The monoisotopic (exact) mass is 324 g/mol. The van der Waals surface area contributed by atoms with Crippen molar-refractivity contribution in [1.82, 2.24) is 10.0 Å². The van der Waals surface area contributed by atoms with Gasteiger partial charge in [-0.25, -0.2) is 14.8 Å². The maximum Gasteiger partial charge on any atom is 0.183 e. The molecule has 0 aliphatic carbocycles. The molecule has 0 saturated heterocycles. The molecular weight excluding hydrogens is 296 g/mol. The van der Waals surface area contributed by atoms with Gasteiger partial charge in [-0.2, -0.15) is 10.2 Å². The van der Waals surface area contributed by atoms with Gasteiger partial charge >= 0.3 is 0 Å². The van der Waals surface area contributed by atoms with Crippen molar-refractivity contribution in [2.45, 2.75) is 39.8 Å². The highest BCUT2D eigenvalue weighted by molar-refractivity contribution is 5.83. The van der Waals surface area contributed by atoms with Crippen molar-refractivity contribution in [3.63, 3.8) is 0 Å². The predicted molar refractivity (Wildman–Crippen MR) is 90.9 cm³/mol. The van der Waals surface area contributed by atoms with E-state index in [0.29, 0.717) is 13.1 Å². The normalized spacial score (nSPS) is 17.8. The summed E-state index contributed by atoms with van der Waals surface area (Å²) in [7, 11) is 3.24. The minimum Gasteiger partial charge on any atom is -0.274 e. The standard InChI is InChI=1S/C15H28N6O2/c1-6-8-15(16-4)21(14(3)23-22-5)18-11-13(2)12-20-10-7-9-17-19-20/h7,10-11,13-14H,6,8-9,12H2,1-5H3/b16-15+,18-11-. The molecule has 2 unspecified atom stereocenters. The Morgan fingerprint density at radius 1 is 1.48 bits per heavy atom. The summed E-state index contributed by atoms with van der Waals surface area (Å²) in [6.45, 7) is 7.40. The van der Waals surface area contributed by atoms with E-state index in [2.05, 4.69) is 34.3 Å². The molecule has 1 aliphatic heterocycles. The molecule has 1 heterocycles. The van der Waals surface area contributed by atoms with Gasteiger partial charge in [-0.1, -0.05) is 19.1 Å². The van der Waals surface area contributed by atoms with Crippen LogP contribution in [0, 0.1) is 5.92 Å². The van der Waals surface area contributed by atoms with Crippen LogP contribution < -0.4 is 0 Å². The van der Waals surface area contributed by atoms with Crippen molar-refractivity contribution in [1.29, 1.82) is 0 Å². The van der Waals surface area contributed by atoms with Crippen molar-refractivity contribution in [2.75, 3.05) is 27.2 Å². The van der Waals surface area contributed by atoms with E-state index in [0.717, 1.165) is 18.7 Å². The fourth-order valence-corrected chi connectivity index (χ4v) is 2.09. The van der Waals surface area contributed by atoms with Crippen LogP contribution >= 0.6 is 0 Å². The molecule has 0 radical (unpaired) electrons. The Kier molecular flexibility index (Phi) is 9.08. The van der Waals surface area contributed by atoms with Crippen molar-refractivity contribution in [3.8, 4) is 0 Å². The van der Waals surface area contributed by atoms with Gasteiger partial charge in [0.05, 0.1) is 20.2 Å². The Labute approximate surface area is 138 Å². The van der Waals surface area contributed by atoms with Gasteiger partial charge in [-0.05, 0) is 19.4 Å². The molecule has 0 aromatic heterocycles. The molecular formula is C15H28N6O2. The molecule has 0 bridgehead atoms. The van der Waals surface area contributed by atoms with Gasteiger partial charge in [-0.15, -0.1) is 0 Å². The van der Waals surface area contributed by atoms with Crippen LogP contribution in [0.1, 0.15) is 33.6 Å². The summed E-state index contributed by atoms with van der Waals surface area (Å²) in [4.78, 5) is 14.3. The zero-order chi connectivity index (χ0) is 17.1. The van der Waals surface area contributed by atoms with Gasteiger partial charge in [0.1, 0.15) is 5.84 Å².